The van der Waals surface area contributed by atoms with Gasteiger partial charge in [-0.05, 0) is 38.1 Å². The van der Waals surface area contributed by atoms with E-state index in [1.54, 1.807) is 19.2 Å². The average molecular weight is 337 g/mol. The van der Waals surface area contributed by atoms with Crippen LogP contribution < -0.4 is 15.9 Å². The topological polar surface area (TPSA) is 77.0 Å². The monoisotopic (exact) mass is 337 g/mol. The third-order valence-electron chi connectivity index (χ3n) is 3.89. The highest BCUT2D eigenvalue weighted by Gasteiger charge is 2.15. The maximum absolute atomic E-state index is 12.0. The van der Waals surface area contributed by atoms with Crippen molar-refractivity contribution in [1.82, 2.24) is 14.8 Å². The van der Waals surface area contributed by atoms with Crippen molar-refractivity contribution in [3.05, 3.63) is 69.2 Å². The van der Waals surface area contributed by atoms with Crippen molar-refractivity contribution in [2.75, 3.05) is 7.11 Å². The molecule has 0 bridgehead atoms. The van der Waals surface area contributed by atoms with Crippen LogP contribution in [-0.2, 0) is 0 Å². The lowest BCUT2D eigenvalue weighted by Gasteiger charge is -2.14. The zero-order valence-electron chi connectivity index (χ0n) is 14.3. The summed E-state index contributed by atoms with van der Waals surface area (Å²) in [5.74, 6) is 0.641. The van der Waals surface area contributed by atoms with Crippen LogP contribution in [0.2, 0.25) is 0 Å². The molecule has 0 aliphatic heterocycles. The average Bonchev–Trinajstić information content (AvgIpc) is 2.62. The van der Waals surface area contributed by atoms with Gasteiger partial charge in [0.15, 0.2) is 0 Å². The summed E-state index contributed by atoms with van der Waals surface area (Å²) in [7, 11) is 1.58. The van der Waals surface area contributed by atoms with Gasteiger partial charge in [0.05, 0.1) is 24.5 Å². The molecule has 0 spiro atoms. The number of hydrogen-bond acceptors (Lipinski definition) is 4. The predicted octanol–water partition coefficient (Wildman–Crippen LogP) is 2.86. The molecule has 0 radical (unpaired) electrons. The molecule has 6 heteroatoms. The Morgan fingerprint density at radius 3 is 2.48 bits per heavy atom. The molecule has 0 saturated carbocycles. The summed E-state index contributed by atoms with van der Waals surface area (Å²) >= 11 is 0. The van der Waals surface area contributed by atoms with Crippen molar-refractivity contribution in [3.8, 4) is 28.3 Å². The third-order valence-corrected chi connectivity index (χ3v) is 3.89. The van der Waals surface area contributed by atoms with E-state index in [9.17, 15) is 9.59 Å². The number of nitrogens with one attached hydrogen (secondary N) is 1. The van der Waals surface area contributed by atoms with Crippen LogP contribution in [-0.4, -0.2) is 21.9 Å². The lowest BCUT2D eigenvalue weighted by molar-refractivity contribution is 0.416. The molecular formula is C19H19N3O3. The molecule has 3 rings (SSSR count). The predicted molar refractivity (Wildman–Crippen MR) is 96.9 cm³/mol. The summed E-state index contributed by atoms with van der Waals surface area (Å²) in [6, 6.07) is 13.7. The van der Waals surface area contributed by atoms with Crippen molar-refractivity contribution in [2.45, 2.75) is 19.9 Å². The summed E-state index contributed by atoms with van der Waals surface area (Å²) in [5, 5.41) is 4.45. The van der Waals surface area contributed by atoms with Crippen LogP contribution in [0.15, 0.2) is 58.1 Å². The number of para-hydroxylation sites is 1. The number of nitrogens with zero attached hydrogens (tertiary/aromatic N) is 2. The molecule has 0 saturated heterocycles. The van der Waals surface area contributed by atoms with Crippen molar-refractivity contribution in [2.24, 2.45) is 0 Å². The second-order valence-electron chi connectivity index (χ2n) is 5.91. The van der Waals surface area contributed by atoms with Gasteiger partial charge in [-0.15, -0.1) is 0 Å². The van der Waals surface area contributed by atoms with Crippen LogP contribution in [0.5, 0.6) is 5.75 Å². The summed E-state index contributed by atoms with van der Waals surface area (Å²) in [6.07, 6.45) is 0. The number of methoxy groups -OCH3 is 1. The van der Waals surface area contributed by atoms with Crippen LogP contribution in [0.3, 0.4) is 0 Å². The summed E-state index contributed by atoms with van der Waals surface area (Å²) in [4.78, 5) is 26.7. The minimum atomic E-state index is -0.221. The van der Waals surface area contributed by atoms with Crippen LogP contribution in [0, 0.1) is 0 Å². The second-order valence-corrected chi connectivity index (χ2v) is 5.91. The third kappa shape index (κ3) is 3.24. The number of aromatic nitrogens is 3. The molecular weight excluding hydrogens is 318 g/mol. The van der Waals surface area contributed by atoms with E-state index in [0.29, 0.717) is 17.1 Å². The molecule has 0 amide bonds. The molecule has 128 valence electrons. The van der Waals surface area contributed by atoms with E-state index in [1.165, 1.54) is 16.8 Å². The lowest BCUT2D eigenvalue weighted by atomic mass is 10.0. The number of aromatic amines is 1. The largest absolute Gasteiger partial charge is 0.496 e. The van der Waals surface area contributed by atoms with Crippen molar-refractivity contribution < 1.29 is 4.74 Å². The first kappa shape index (κ1) is 16.7. The van der Waals surface area contributed by atoms with Gasteiger partial charge in [0, 0.05) is 23.3 Å². The number of H-pyrrole nitrogens is 1. The van der Waals surface area contributed by atoms with E-state index in [2.05, 4.69) is 10.1 Å². The minimum Gasteiger partial charge on any atom is -0.496 e. The Balaban J connectivity index is 2.27. The molecule has 25 heavy (non-hydrogen) atoms. The zero-order valence-corrected chi connectivity index (χ0v) is 14.3. The van der Waals surface area contributed by atoms with Gasteiger partial charge in [-0.25, -0.2) is 4.68 Å². The van der Waals surface area contributed by atoms with Gasteiger partial charge in [-0.2, -0.15) is 5.10 Å². The maximum atomic E-state index is 12.0. The molecule has 0 atom stereocenters. The summed E-state index contributed by atoms with van der Waals surface area (Å²) in [5.41, 5.74) is 2.29. The van der Waals surface area contributed by atoms with E-state index in [4.69, 9.17) is 4.74 Å². The van der Waals surface area contributed by atoms with Crippen LogP contribution in [0.25, 0.3) is 22.5 Å². The van der Waals surface area contributed by atoms with Crippen molar-refractivity contribution >= 4 is 0 Å². The van der Waals surface area contributed by atoms with E-state index < -0.39 is 0 Å². The molecule has 1 aromatic carbocycles. The summed E-state index contributed by atoms with van der Waals surface area (Å²) in [6.45, 7) is 3.79. The molecule has 0 aliphatic carbocycles. The number of benzene rings is 1. The molecule has 0 unspecified atom stereocenters. The number of pyridine rings is 1. The van der Waals surface area contributed by atoms with Gasteiger partial charge in [0.2, 0.25) is 5.56 Å². The van der Waals surface area contributed by atoms with Crippen LogP contribution in [0.4, 0.5) is 0 Å². The normalized spacial score (nSPS) is 10.9. The molecule has 0 aliphatic rings. The Morgan fingerprint density at radius 2 is 1.76 bits per heavy atom. The standard InChI is InChI=1S/C19H19N3O3/c1-12(2)22-18(24)11-9-15(21-22)13-8-10-17(23)20-19(13)14-6-4-5-7-16(14)25-3/h4-12H,1-3H3,(H,20,23). The van der Waals surface area contributed by atoms with Gasteiger partial charge in [-0.1, -0.05) is 12.1 Å². The Bertz CT molecular complexity index is 1020. The SMILES string of the molecule is COc1ccccc1-c1[nH]c(=O)ccc1-c1ccc(=O)n(C(C)C)n1. The van der Waals surface area contributed by atoms with Crippen molar-refractivity contribution in [1.29, 1.82) is 0 Å². The number of ether oxygens (including phenoxy) is 1. The fourth-order valence-electron chi connectivity index (χ4n) is 2.69. The fraction of sp³-hybridized carbons (Fsp3) is 0.211. The van der Waals surface area contributed by atoms with Gasteiger partial charge in [-0.3, -0.25) is 9.59 Å². The van der Waals surface area contributed by atoms with E-state index in [1.807, 2.05) is 38.1 Å². The number of hydrogen-bond donors (Lipinski definition) is 1. The van der Waals surface area contributed by atoms with E-state index in [-0.39, 0.29) is 17.2 Å². The molecule has 0 fully saturated rings. The first-order chi connectivity index (χ1) is 12.0. The van der Waals surface area contributed by atoms with Gasteiger partial charge in [0.25, 0.3) is 5.56 Å². The molecule has 2 heterocycles. The Labute approximate surface area is 144 Å². The first-order valence-electron chi connectivity index (χ1n) is 7.98. The number of rotatable bonds is 4. The Morgan fingerprint density at radius 1 is 1.00 bits per heavy atom. The smallest absolute Gasteiger partial charge is 0.267 e. The minimum absolute atomic E-state index is 0.0649. The fourth-order valence-corrected chi connectivity index (χ4v) is 2.69. The highest BCUT2D eigenvalue weighted by Crippen LogP contribution is 2.33. The van der Waals surface area contributed by atoms with Gasteiger partial charge < -0.3 is 9.72 Å². The molecule has 2 aromatic heterocycles. The zero-order chi connectivity index (χ0) is 18.0. The first-order valence-corrected chi connectivity index (χ1v) is 7.98. The highest BCUT2D eigenvalue weighted by molar-refractivity contribution is 5.81. The van der Waals surface area contributed by atoms with E-state index in [0.717, 1.165) is 11.1 Å². The lowest BCUT2D eigenvalue weighted by Crippen LogP contribution is -2.24. The molecule has 1 N–H and O–H groups in total. The Hall–Kier alpha value is -3.15. The quantitative estimate of drug-likeness (QED) is 0.794. The second kappa shape index (κ2) is 6.76. The van der Waals surface area contributed by atoms with Crippen molar-refractivity contribution in [3.63, 3.8) is 0 Å². The van der Waals surface area contributed by atoms with E-state index >= 15 is 0 Å². The van der Waals surface area contributed by atoms with Crippen LogP contribution in [0.1, 0.15) is 19.9 Å². The van der Waals surface area contributed by atoms with Gasteiger partial charge in [0.1, 0.15) is 5.75 Å². The summed E-state index contributed by atoms with van der Waals surface area (Å²) < 4.78 is 6.84. The molecule has 6 nitrogen and oxygen atoms in total. The van der Waals surface area contributed by atoms with Gasteiger partial charge >= 0.3 is 0 Å². The van der Waals surface area contributed by atoms with Crippen LogP contribution >= 0.6 is 0 Å². The molecule has 3 aromatic rings. The Kier molecular flexibility index (Phi) is 4.52. The highest BCUT2D eigenvalue weighted by atomic mass is 16.5. The maximum Gasteiger partial charge on any atom is 0.267 e.